The number of carbonyl (C=O) groups excluding carboxylic acids is 1. The first-order valence-corrected chi connectivity index (χ1v) is 6.11. The maximum Gasteiger partial charge on any atom is 0.319 e. The molecule has 1 aromatic carbocycles. The van der Waals surface area contributed by atoms with Crippen LogP contribution in [0.5, 0.6) is 0 Å². The third kappa shape index (κ3) is 3.86. The second-order valence-corrected chi connectivity index (χ2v) is 4.32. The van der Waals surface area contributed by atoms with Gasteiger partial charge in [-0.15, -0.1) is 0 Å². The summed E-state index contributed by atoms with van der Waals surface area (Å²) < 4.78 is 1.98. The van der Waals surface area contributed by atoms with E-state index in [0.717, 1.165) is 5.69 Å². The van der Waals surface area contributed by atoms with E-state index in [1.807, 2.05) is 53.4 Å². The maximum absolute atomic E-state index is 11.5. The van der Waals surface area contributed by atoms with Crippen molar-refractivity contribution in [2.24, 2.45) is 0 Å². The van der Waals surface area contributed by atoms with Crippen LogP contribution >= 0.6 is 0 Å². The molecule has 1 aromatic heterocycles. The van der Waals surface area contributed by atoms with E-state index in [1.165, 1.54) is 0 Å². The number of aromatic nitrogens is 1. The quantitative estimate of drug-likeness (QED) is 0.786. The van der Waals surface area contributed by atoms with Gasteiger partial charge in [-0.3, -0.25) is 0 Å². The molecule has 5 heteroatoms. The molecule has 0 bridgehead atoms. The molecule has 2 amide bonds. The number of urea groups is 1. The van der Waals surface area contributed by atoms with Crippen molar-refractivity contribution in [2.75, 3.05) is 11.9 Å². The molecule has 0 saturated heterocycles. The molecule has 0 fully saturated rings. The van der Waals surface area contributed by atoms with Crippen LogP contribution < -0.4 is 10.6 Å². The van der Waals surface area contributed by atoms with Gasteiger partial charge >= 0.3 is 6.03 Å². The fraction of sp³-hybridized carbons (Fsp3) is 0.214. The topological polar surface area (TPSA) is 66.3 Å². The van der Waals surface area contributed by atoms with E-state index in [2.05, 4.69) is 10.6 Å². The second kappa shape index (κ2) is 6.06. The maximum atomic E-state index is 11.5. The van der Waals surface area contributed by atoms with Crippen LogP contribution in [0.4, 0.5) is 10.5 Å². The van der Waals surface area contributed by atoms with Crippen LogP contribution in [-0.2, 0) is 0 Å². The van der Waals surface area contributed by atoms with Crippen LogP contribution in [0.2, 0.25) is 0 Å². The Kier molecular flexibility index (Phi) is 4.20. The van der Waals surface area contributed by atoms with Crippen LogP contribution in [0.15, 0.2) is 48.8 Å². The largest absolute Gasteiger partial charge is 0.392 e. The SMILES string of the molecule is CC(O)CNC(=O)Nc1ccc(-n2cccc2)cc1. The Hall–Kier alpha value is -2.27. The van der Waals surface area contributed by atoms with Crippen molar-refractivity contribution in [3.05, 3.63) is 48.8 Å². The van der Waals surface area contributed by atoms with Crippen molar-refractivity contribution in [2.45, 2.75) is 13.0 Å². The van der Waals surface area contributed by atoms with Crippen molar-refractivity contribution < 1.29 is 9.90 Å². The number of nitrogens with zero attached hydrogens (tertiary/aromatic N) is 1. The summed E-state index contributed by atoms with van der Waals surface area (Å²) in [7, 11) is 0. The van der Waals surface area contributed by atoms with E-state index in [1.54, 1.807) is 6.92 Å². The number of aliphatic hydroxyl groups excluding tert-OH is 1. The Morgan fingerprint density at radius 3 is 2.47 bits per heavy atom. The van der Waals surface area contributed by atoms with E-state index >= 15 is 0 Å². The van der Waals surface area contributed by atoms with Gasteiger partial charge in [0, 0.05) is 30.3 Å². The molecule has 1 heterocycles. The summed E-state index contributed by atoms with van der Waals surface area (Å²) in [6.45, 7) is 1.85. The third-order valence-corrected chi connectivity index (χ3v) is 2.59. The number of hydrogen-bond acceptors (Lipinski definition) is 2. The summed E-state index contributed by atoms with van der Waals surface area (Å²) in [5.41, 5.74) is 1.74. The molecule has 2 rings (SSSR count). The molecular formula is C14H17N3O2. The Bertz CT molecular complexity index is 518. The summed E-state index contributed by atoms with van der Waals surface area (Å²) in [5.74, 6) is 0. The molecule has 0 radical (unpaired) electrons. The van der Waals surface area contributed by atoms with E-state index in [9.17, 15) is 4.79 Å². The summed E-state index contributed by atoms with van der Waals surface area (Å²) in [6.07, 6.45) is 3.36. The van der Waals surface area contributed by atoms with E-state index < -0.39 is 6.10 Å². The average molecular weight is 259 g/mol. The minimum Gasteiger partial charge on any atom is -0.392 e. The summed E-state index contributed by atoms with van der Waals surface area (Å²) in [4.78, 5) is 11.5. The fourth-order valence-corrected chi connectivity index (χ4v) is 1.64. The Morgan fingerprint density at radius 1 is 1.26 bits per heavy atom. The smallest absolute Gasteiger partial charge is 0.319 e. The van der Waals surface area contributed by atoms with E-state index in [-0.39, 0.29) is 12.6 Å². The van der Waals surface area contributed by atoms with Gasteiger partial charge in [0.2, 0.25) is 0 Å². The highest BCUT2D eigenvalue weighted by Crippen LogP contribution is 2.13. The van der Waals surface area contributed by atoms with Crippen molar-refractivity contribution >= 4 is 11.7 Å². The second-order valence-electron chi connectivity index (χ2n) is 4.32. The standard InChI is InChI=1S/C14H17N3O2/c1-11(18)10-15-14(19)16-12-4-6-13(7-5-12)17-8-2-3-9-17/h2-9,11,18H,10H2,1H3,(H2,15,16,19). The molecule has 0 aliphatic rings. The van der Waals surface area contributed by atoms with Gasteiger partial charge in [-0.05, 0) is 43.3 Å². The number of amides is 2. The molecule has 5 nitrogen and oxygen atoms in total. The molecule has 100 valence electrons. The van der Waals surface area contributed by atoms with Crippen molar-refractivity contribution in [3.63, 3.8) is 0 Å². The summed E-state index contributed by atoms with van der Waals surface area (Å²) in [5, 5.41) is 14.3. The van der Waals surface area contributed by atoms with Gasteiger partial charge in [0.1, 0.15) is 0 Å². The Morgan fingerprint density at radius 2 is 1.89 bits per heavy atom. The monoisotopic (exact) mass is 259 g/mol. The minimum atomic E-state index is -0.554. The zero-order valence-corrected chi connectivity index (χ0v) is 10.7. The molecular weight excluding hydrogens is 242 g/mol. The highest BCUT2D eigenvalue weighted by atomic mass is 16.3. The predicted molar refractivity (Wildman–Crippen MR) is 74.5 cm³/mol. The number of benzene rings is 1. The van der Waals surface area contributed by atoms with Crippen molar-refractivity contribution in [1.82, 2.24) is 9.88 Å². The van der Waals surface area contributed by atoms with Gasteiger partial charge in [0.15, 0.2) is 0 Å². The molecule has 0 spiro atoms. The third-order valence-electron chi connectivity index (χ3n) is 2.59. The first kappa shape index (κ1) is 13.2. The lowest BCUT2D eigenvalue weighted by molar-refractivity contribution is 0.190. The molecule has 0 saturated carbocycles. The first-order valence-electron chi connectivity index (χ1n) is 6.11. The van der Waals surface area contributed by atoms with Crippen molar-refractivity contribution in [1.29, 1.82) is 0 Å². The lowest BCUT2D eigenvalue weighted by atomic mass is 10.3. The van der Waals surface area contributed by atoms with Crippen LogP contribution in [0.3, 0.4) is 0 Å². The number of hydrogen-bond donors (Lipinski definition) is 3. The van der Waals surface area contributed by atoms with E-state index in [0.29, 0.717) is 5.69 Å². The summed E-state index contributed by atoms with van der Waals surface area (Å²) >= 11 is 0. The van der Waals surface area contributed by atoms with Crippen LogP contribution in [0.1, 0.15) is 6.92 Å². The van der Waals surface area contributed by atoms with Gasteiger partial charge < -0.3 is 20.3 Å². The van der Waals surface area contributed by atoms with Crippen molar-refractivity contribution in [3.8, 4) is 5.69 Å². The van der Waals surface area contributed by atoms with Gasteiger partial charge in [-0.25, -0.2) is 4.79 Å². The normalized spacial score (nSPS) is 11.9. The zero-order valence-electron chi connectivity index (χ0n) is 10.7. The van der Waals surface area contributed by atoms with Gasteiger partial charge in [-0.2, -0.15) is 0 Å². The molecule has 0 aliphatic heterocycles. The first-order chi connectivity index (χ1) is 9.15. The minimum absolute atomic E-state index is 0.229. The number of anilines is 1. The average Bonchev–Trinajstić information content (AvgIpc) is 2.91. The predicted octanol–water partition coefficient (Wildman–Crippen LogP) is 1.98. The van der Waals surface area contributed by atoms with Crippen LogP contribution in [0, 0.1) is 0 Å². The Labute approximate surface area is 111 Å². The molecule has 1 unspecified atom stereocenters. The fourth-order valence-electron chi connectivity index (χ4n) is 1.64. The molecule has 19 heavy (non-hydrogen) atoms. The number of rotatable bonds is 4. The van der Waals surface area contributed by atoms with E-state index in [4.69, 9.17) is 5.11 Å². The lowest BCUT2D eigenvalue weighted by Gasteiger charge is -2.09. The zero-order chi connectivity index (χ0) is 13.7. The molecule has 2 aromatic rings. The van der Waals surface area contributed by atoms with Gasteiger partial charge in [0.05, 0.1) is 6.10 Å². The van der Waals surface area contributed by atoms with Gasteiger partial charge in [-0.1, -0.05) is 0 Å². The molecule has 0 aliphatic carbocycles. The molecule has 3 N–H and O–H groups in total. The van der Waals surface area contributed by atoms with Crippen LogP contribution in [0.25, 0.3) is 5.69 Å². The Balaban J connectivity index is 1.94. The number of carbonyl (C=O) groups is 1. The molecule has 1 atom stereocenters. The van der Waals surface area contributed by atoms with Gasteiger partial charge in [0.25, 0.3) is 0 Å². The number of nitrogens with one attached hydrogen (secondary N) is 2. The highest BCUT2D eigenvalue weighted by Gasteiger charge is 2.03. The summed E-state index contributed by atoms with van der Waals surface area (Å²) in [6, 6.07) is 11.1. The van der Waals surface area contributed by atoms with Crippen LogP contribution in [-0.4, -0.2) is 28.4 Å². The lowest BCUT2D eigenvalue weighted by Crippen LogP contribution is -2.34. The highest BCUT2D eigenvalue weighted by molar-refractivity contribution is 5.89. The number of aliphatic hydroxyl groups is 1.